The number of hydrogen-bond acceptors (Lipinski definition) is 5. The third-order valence-corrected chi connectivity index (χ3v) is 6.30. The molecule has 29 heavy (non-hydrogen) atoms. The van der Waals surface area contributed by atoms with E-state index in [2.05, 4.69) is 14.6 Å². The second kappa shape index (κ2) is 6.11. The summed E-state index contributed by atoms with van der Waals surface area (Å²) in [5.41, 5.74) is 3.94. The number of sulfonamides is 1. The summed E-state index contributed by atoms with van der Waals surface area (Å²) in [6.45, 7) is 3.38. The van der Waals surface area contributed by atoms with E-state index in [-0.39, 0.29) is 11.0 Å². The fourth-order valence-electron chi connectivity index (χ4n) is 4.30. The molecule has 2 aliphatic heterocycles. The van der Waals surface area contributed by atoms with Crippen LogP contribution in [-0.4, -0.2) is 50.5 Å². The molecule has 3 aromatic rings. The lowest BCUT2D eigenvalue weighted by Gasteiger charge is -2.56. The highest BCUT2D eigenvalue weighted by Crippen LogP contribution is 2.45. The van der Waals surface area contributed by atoms with Crippen LogP contribution in [0.4, 0.5) is 11.4 Å². The number of benzene rings is 1. The molecule has 0 unspecified atom stereocenters. The van der Waals surface area contributed by atoms with Gasteiger partial charge in [-0.25, -0.2) is 8.42 Å². The first kappa shape index (κ1) is 18.3. The minimum Gasteiger partial charge on any atom is -0.380 e. The molecule has 1 spiro atoms. The van der Waals surface area contributed by atoms with Crippen molar-refractivity contribution in [1.29, 1.82) is 0 Å². The smallest absolute Gasteiger partial charge is 0.274 e. The lowest BCUT2D eigenvalue weighted by molar-refractivity contribution is -0.127. The summed E-state index contributed by atoms with van der Waals surface area (Å²) in [5, 5.41) is 0.813. The first-order valence-corrected chi connectivity index (χ1v) is 11.3. The zero-order valence-corrected chi connectivity index (χ0v) is 17.0. The van der Waals surface area contributed by atoms with Gasteiger partial charge in [-0.05, 0) is 24.3 Å². The number of pyridine rings is 1. The van der Waals surface area contributed by atoms with Crippen LogP contribution in [0.25, 0.3) is 22.0 Å². The van der Waals surface area contributed by atoms with Gasteiger partial charge in [0.25, 0.3) is 5.56 Å². The molecule has 0 saturated carbocycles. The molecule has 5 rings (SSSR count). The van der Waals surface area contributed by atoms with Gasteiger partial charge in [0.1, 0.15) is 5.52 Å². The summed E-state index contributed by atoms with van der Waals surface area (Å²) in [6.07, 6.45) is 4.69. The zero-order chi connectivity index (χ0) is 20.4. The Morgan fingerprint density at radius 2 is 1.93 bits per heavy atom. The summed E-state index contributed by atoms with van der Waals surface area (Å²) in [7, 11) is -1.69. The number of aryl methyl sites for hydroxylation is 1. The molecular weight excluding hydrogens is 392 g/mol. The second-order valence-electron chi connectivity index (χ2n) is 8.18. The number of hydrogen-bond donors (Lipinski definition) is 2. The number of nitrogens with one attached hydrogen (secondary N) is 2. The Balaban J connectivity index is 1.67. The lowest BCUT2D eigenvalue weighted by atomic mass is 9.77. The molecule has 4 heterocycles. The molecule has 2 fully saturated rings. The monoisotopic (exact) mass is 414 g/mol. The number of aromatic nitrogens is 2. The molecule has 0 radical (unpaired) electrons. The van der Waals surface area contributed by atoms with E-state index < -0.39 is 10.0 Å². The molecule has 0 aliphatic carbocycles. The van der Waals surface area contributed by atoms with Crippen molar-refractivity contribution < 1.29 is 13.2 Å². The number of fused-ring (bicyclic) bond motifs is 1. The van der Waals surface area contributed by atoms with Crippen molar-refractivity contribution in [2.45, 2.75) is 0 Å². The third kappa shape index (κ3) is 3.01. The van der Waals surface area contributed by atoms with Crippen molar-refractivity contribution in [3.63, 3.8) is 0 Å². The lowest BCUT2D eigenvalue weighted by Crippen LogP contribution is -2.66. The maximum atomic E-state index is 12.5. The average Bonchev–Trinajstić information content (AvgIpc) is 3.05. The van der Waals surface area contributed by atoms with E-state index in [1.54, 1.807) is 23.9 Å². The van der Waals surface area contributed by atoms with Crippen molar-refractivity contribution in [2.24, 2.45) is 12.5 Å². The van der Waals surface area contributed by atoms with Crippen LogP contribution in [0.15, 0.2) is 41.5 Å². The van der Waals surface area contributed by atoms with Crippen molar-refractivity contribution in [2.75, 3.05) is 42.2 Å². The van der Waals surface area contributed by atoms with Crippen LogP contribution >= 0.6 is 0 Å². The molecule has 152 valence electrons. The molecule has 2 N–H and O–H groups in total. The molecule has 1 aromatic carbocycles. The maximum absolute atomic E-state index is 12.5. The van der Waals surface area contributed by atoms with Crippen molar-refractivity contribution in [1.82, 2.24) is 9.55 Å². The van der Waals surface area contributed by atoms with Gasteiger partial charge in [-0.15, -0.1) is 0 Å². The van der Waals surface area contributed by atoms with E-state index >= 15 is 0 Å². The Kier molecular flexibility index (Phi) is 3.85. The number of rotatable bonds is 4. The van der Waals surface area contributed by atoms with Gasteiger partial charge in [-0.2, -0.15) is 0 Å². The summed E-state index contributed by atoms with van der Waals surface area (Å²) < 4.78 is 33.0. The van der Waals surface area contributed by atoms with Crippen molar-refractivity contribution >= 4 is 32.3 Å². The molecule has 2 aliphatic rings. The second-order valence-corrected chi connectivity index (χ2v) is 9.93. The predicted octanol–water partition coefficient (Wildman–Crippen LogP) is 1.74. The van der Waals surface area contributed by atoms with Crippen LogP contribution in [-0.2, 0) is 21.8 Å². The minimum atomic E-state index is -3.40. The number of aromatic amines is 1. The van der Waals surface area contributed by atoms with Gasteiger partial charge >= 0.3 is 0 Å². The molecule has 0 amide bonds. The normalized spacial score (nSPS) is 17.9. The molecular formula is C20H22N4O4S. The Morgan fingerprint density at radius 3 is 2.59 bits per heavy atom. The average molecular weight is 414 g/mol. The Hall–Kier alpha value is -2.78. The third-order valence-electron chi connectivity index (χ3n) is 5.69. The van der Waals surface area contributed by atoms with Gasteiger partial charge in [0.15, 0.2) is 0 Å². The number of ether oxygens (including phenoxy) is 1. The summed E-state index contributed by atoms with van der Waals surface area (Å²) >= 11 is 0. The van der Waals surface area contributed by atoms with Gasteiger partial charge < -0.3 is 19.2 Å². The van der Waals surface area contributed by atoms with E-state index in [9.17, 15) is 13.2 Å². The van der Waals surface area contributed by atoms with Gasteiger partial charge in [0.2, 0.25) is 10.0 Å². The Labute approximate surface area is 168 Å². The quantitative estimate of drug-likeness (QED) is 0.678. The van der Waals surface area contributed by atoms with Gasteiger partial charge in [-0.3, -0.25) is 9.52 Å². The van der Waals surface area contributed by atoms with Gasteiger partial charge in [-0.1, -0.05) is 0 Å². The summed E-state index contributed by atoms with van der Waals surface area (Å²) in [5.74, 6) is 0. The molecule has 0 atom stereocenters. The molecule has 8 nitrogen and oxygen atoms in total. The molecule has 9 heteroatoms. The van der Waals surface area contributed by atoms with E-state index in [4.69, 9.17) is 4.74 Å². The van der Waals surface area contributed by atoms with Crippen LogP contribution in [0.2, 0.25) is 0 Å². The first-order valence-electron chi connectivity index (χ1n) is 9.36. The van der Waals surface area contributed by atoms with Crippen LogP contribution in [0.1, 0.15) is 0 Å². The molecule has 2 aromatic heterocycles. The topological polar surface area (TPSA) is 96.4 Å². The number of nitrogens with zero attached hydrogens (tertiary/aromatic N) is 2. The fourth-order valence-corrected chi connectivity index (χ4v) is 4.85. The van der Waals surface area contributed by atoms with Crippen LogP contribution in [0.3, 0.4) is 0 Å². The van der Waals surface area contributed by atoms with E-state index in [0.717, 1.165) is 54.8 Å². The molecule has 2 saturated heterocycles. The highest BCUT2D eigenvalue weighted by atomic mass is 32.2. The van der Waals surface area contributed by atoms with Crippen LogP contribution in [0, 0.1) is 5.41 Å². The van der Waals surface area contributed by atoms with E-state index in [0.29, 0.717) is 11.2 Å². The largest absolute Gasteiger partial charge is 0.380 e. The highest BCUT2D eigenvalue weighted by Gasteiger charge is 2.49. The van der Waals surface area contributed by atoms with Gasteiger partial charge in [0, 0.05) is 60.4 Å². The Morgan fingerprint density at radius 1 is 1.17 bits per heavy atom. The van der Waals surface area contributed by atoms with E-state index in [1.807, 2.05) is 24.4 Å². The van der Waals surface area contributed by atoms with Crippen LogP contribution in [0.5, 0.6) is 0 Å². The zero-order valence-electron chi connectivity index (χ0n) is 16.2. The fraction of sp³-hybridized carbons (Fsp3) is 0.350. The summed E-state index contributed by atoms with van der Waals surface area (Å²) in [6, 6.07) is 7.44. The Bertz CT molecular complexity index is 1280. The predicted molar refractivity (Wildman–Crippen MR) is 113 cm³/mol. The minimum absolute atomic E-state index is 0.102. The standard InChI is InChI=1S/C20H22N4O4S/c1-23-8-16(14-5-6-21-18(14)19(23)25)15-7-13(22-29(2,26)27)3-4-17(15)24-9-20(10-24)11-28-12-20/h3-8,21-22H,9-12H2,1-2H3. The van der Waals surface area contributed by atoms with Crippen LogP contribution < -0.4 is 15.2 Å². The van der Waals surface area contributed by atoms with Crippen molar-refractivity contribution in [3.05, 3.63) is 47.0 Å². The highest BCUT2D eigenvalue weighted by molar-refractivity contribution is 7.92. The maximum Gasteiger partial charge on any atom is 0.274 e. The van der Waals surface area contributed by atoms with Gasteiger partial charge in [0.05, 0.1) is 24.9 Å². The number of anilines is 2. The summed E-state index contributed by atoms with van der Waals surface area (Å²) in [4.78, 5) is 17.8. The first-order chi connectivity index (χ1) is 13.7. The van der Waals surface area contributed by atoms with E-state index in [1.165, 1.54) is 0 Å². The number of H-pyrrole nitrogens is 1. The SMILES string of the molecule is Cn1cc(-c2cc(NS(C)(=O)=O)ccc2N2CC3(COC3)C2)c2cc[nH]c2c1=O. The molecule has 0 bridgehead atoms. The van der Waals surface area contributed by atoms with Crippen molar-refractivity contribution in [3.8, 4) is 11.1 Å².